The molecule has 24 heavy (non-hydrogen) atoms. The molecule has 0 unspecified atom stereocenters. The van der Waals surface area contributed by atoms with Crippen LogP contribution in [0.4, 0.5) is 17.1 Å². The van der Waals surface area contributed by atoms with E-state index >= 15 is 0 Å². The van der Waals surface area contributed by atoms with E-state index in [9.17, 15) is 10.1 Å². The van der Waals surface area contributed by atoms with Crippen LogP contribution < -0.4 is 9.64 Å². The molecule has 0 amide bonds. The molecule has 0 bridgehead atoms. The molecule has 0 atom stereocenters. The Labute approximate surface area is 141 Å². The molecule has 6 nitrogen and oxygen atoms in total. The number of methoxy groups -OCH3 is 1. The molecule has 0 radical (unpaired) electrons. The van der Waals surface area contributed by atoms with Crippen molar-refractivity contribution in [1.29, 1.82) is 0 Å². The van der Waals surface area contributed by atoms with E-state index < -0.39 is 4.92 Å². The second-order valence-corrected chi connectivity index (χ2v) is 5.13. The highest BCUT2D eigenvalue weighted by molar-refractivity contribution is 5.84. The van der Waals surface area contributed by atoms with Crippen molar-refractivity contribution in [3.8, 4) is 5.75 Å². The van der Waals surface area contributed by atoms with Crippen LogP contribution in [0.1, 0.15) is 19.4 Å². The van der Waals surface area contributed by atoms with Crippen molar-refractivity contribution in [2.24, 2.45) is 4.99 Å². The molecule has 0 aliphatic rings. The predicted molar refractivity (Wildman–Crippen MR) is 96.9 cm³/mol. The van der Waals surface area contributed by atoms with Gasteiger partial charge in [0, 0.05) is 25.0 Å². The minimum absolute atomic E-state index is 0.0784. The first kappa shape index (κ1) is 17.5. The molecular formula is C18H21N3O3. The van der Waals surface area contributed by atoms with Gasteiger partial charge in [0.25, 0.3) is 5.69 Å². The summed E-state index contributed by atoms with van der Waals surface area (Å²) in [6, 6.07) is 12.6. The van der Waals surface area contributed by atoms with Crippen molar-refractivity contribution in [1.82, 2.24) is 0 Å². The fraction of sp³-hybridized carbons (Fsp3) is 0.278. The molecule has 0 saturated heterocycles. The van der Waals surface area contributed by atoms with Crippen molar-refractivity contribution < 1.29 is 9.66 Å². The summed E-state index contributed by atoms with van der Waals surface area (Å²) in [6.45, 7) is 6.12. The molecule has 2 rings (SSSR count). The van der Waals surface area contributed by atoms with Gasteiger partial charge < -0.3 is 9.64 Å². The van der Waals surface area contributed by atoms with Gasteiger partial charge in [0.05, 0.1) is 18.1 Å². The Balaban J connectivity index is 2.23. The lowest BCUT2D eigenvalue weighted by Gasteiger charge is -2.20. The van der Waals surface area contributed by atoms with Gasteiger partial charge in [0.1, 0.15) is 11.4 Å². The van der Waals surface area contributed by atoms with Gasteiger partial charge in [-0.15, -0.1) is 0 Å². The van der Waals surface area contributed by atoms with E-state index in [0.717, 1.165) is 24.3 Å². The summed E-state index contributed by atoms with van der Waals surface area (Å²) in [6.07, 6.45) is 1.63. The minimum atomic E-state index is -0.460. The third-order valence-electron chi connectivity index (χ3n) is 3.75. The zero-order valence-electron chi connectivity index (χ0n) is 14.1. The minimum Gasteiger partial charge on any atom is -0.496 e. The van der Waals surface area contributed by atoms with Crippen molar-refractivity contribution >= 4 is 23.3 Å². The van der Waals surface area contributed by atoms with Crippen LogP contribution in [0.15, 0.2) is 47.5 Å². The van der Waals surface area contributed by atoms with Crippen LogP contribution in [0.25, 0.3) is 0 Å². The quantitative estimate of drug-likeness (QED) is 0.434. The van der Waals surface area contributed by atoms with Crippen molar-refractivity contribution in [3.05, 3.63) is 58.1 Å². The number of anilines is 1. The Bertz CT molecular complexity index is 723. The van der Waals surface area contributed by atoms with Crippen LogP contribution in [0.3, 0.4) is 0 Å². The van der Waals surface area contributed by atoms with Gasteiger partial charge in [-0.1, -0.05) is 12.1 Å². The molecule has 126 valence electrons. The molecule has 0 aliphatic carbocycles. The third-order valence-corrected chi connectivity index (χ3v) is 3.75. The first-order chi connectivity index (χ1) is 11.6. The van der Waals surface area contributed by atoms with Crippen LogP contribution in [-0.2, 0) is 0 Å². The summed E-state index contributed by atoms with van der Waals surface area (Å²) >= 11 is 0. The largest absolute Gasteiger partial charge is 0.496 e. The summed E-state index contributed by atoms with van der Waals surface area (Å²) < 4.78 is 5.02. The van der Waals surface area contributed by atoms with Gasteiger partial charge in [0.15, 0.2) is 0 Å². The third kappa shape index (κ3) is 4.10. The summed E-state index contributed by atoms with van der Waals surface area (Å²) in [5.74, 6) is 0.434. The van der Waals surface area contributed by atoms with Crippen LogP contribution in [0, 0.1) is 10.1 Å². The van der Waals surface area contributed by atoms with Crippen molar-refractivity contribution in [2.75, 3.05) is 25.1 Å². The van der Waals surface area contributed by atoms with E-state index in [4.69, 9.17) is 4.74 Å². The maximum atomic E-state index is 11.2. The number of benzene rings is 2. The lowest BCUT2D eigenvalue weighted by molar-refractivity contribution is -0.384. The number of hydrogen-bond acceptors (Lipinski definition) is 5. The average Bonchev–Trinajstić information content (AvgIpc) is 2.61. The fourth-order valence-electron chi connectivity index (χ4n) is 2.39. The Kier molecular flexibility index (Phi) is 5.89. The summed E-state index contributed by atoms with van der Waals surface area (Å²) in [5, 5.41) is 11.2. The van der Waals surface area contributed by atoms with Crippen molar-refractivity contribution in [2.45, 2.75) is 13.8 Å². The Morgan fingerprint density at radius 1 is 1.17 bits per heavy atom. The molecule has 6 heteroatoms. The van der Waals surface area contributed by atoms with Crippen LogP contribution >= 0.6 is 0 Å². The number of nitro benzene ring substituents is 1. The second-order valence-electron chi connectivity index (χ2n) is 5.13. The van der Waals surface area contributed by atoms with Gasteiger partial charge in [-0.05, 0) is 43.7 Å². The maximum Gasteiger partial charge on any atom is 0.298 e. The number of hydrogen-bond donors (Lipinski definition) is 0. The van der Waals surface area contributed by atoms with Crippen LogP contribution in [0.2, 0.25) is 0 Å². The molecule has 0 aromatic heterocycles. The molecule has 2 aromatic carbocycles. The summed E-state index contributed by atoms with van der Waals surface area (Å²) in [7, 11) is 1.47. The number of ether oxygens (including phenoxy) is 1. The Hall–Kier alpha value is -2.89. The highest BCUT2D eigenvalue weighted by atomic mass is 16.6. The molecule has 2 aromatic rings. The maximum absolute atomic E-state index is 11.2. The van der Waals surface area contributed by atoms with Crippen LogP contribution in [0.5, 0.6) is 5.75 Å². The number of nitrogens with zero attached hydrogens (tertiary/aromatic N) is 3. The summed E-state index contributed by atoms with van der Waals surface area (Å²) in [4.78, 5) is 17.2. The topological polar surface area (TPSA) is 68.0 Å². The zero-order chi connectivity index (χ0) is 17.5. The SMILES string of the molecule is CCN(CC)c1ccc(C=Nc2ccc(OC)cc2[N+](=O)[O-])cc1. The molecular weight excluding hydrogens is 306 g/mol. The second kappa shape index (κ2) is 8.10. The first-order valence-electron chi connectivity index (χ1n) is 7.80. The number of rotatable bonds is 7. The number of nitro groups is 1. The van der Waals surface area contributed by atoms with E-state index in [1.54, 1.807) is 18.3 Å². The average molecular weight is 327 g/mol. The van der Waals surface area contributed by atoms with E-state index in [0.29, 0.717) is 11.4 Å². The Morgan fingerprint density at radius 3 is 2.38 bits per heavy atom. The predicted octanol–water partition coefficient (Wildman–Crippen LogP) is 4.20. The van der Waals surface area contributed by atoms with Gasteiger partial charge in [-0.3, -0.25) is 10.1 Å². The van der Waals surface area contributed by atoms with E-state index in [-0.39, 0.29) is 5.69 Å². The smallest absolute Gasteiger partial charge is 0.298 e. The highest BCUT2D eigenvalue weighted by Gasteiger charge is 2.14. The zero-order valence-corrected chi connectivity index (χ0v) is 14.1. The monoisotopic (exact) mass is 327 g/mol. The molecule has 0 saturated carbocycles. The fourth-order valence-corrected chi connectivity index (χ4v) is 2.39. The number of aliphatic imine (C=N–C) groups is 1. The van der Waals surface area contributed by atoms with Gasteiger partial charge in [-0.2, -0.15) is 0 Å². The van der Waals surface area contributed by atoms with Gasteiger partial charge in [0.2, 0.25) is 0 Å². The van der Waals surface area contributed by atoms with Crippen LogP contribution in [-0.4, -0.2) is 31.3 Å². The standard InChI is InChI=1S/C18H21N3O3/c1-4-20(5-2)15-8-6-14(7-9-15)13-19-17-11-10-16(24-3)12-18(17)21(22)23/h6-13H,4-5H2,1-3H3. The normalized spacial score (nSPS) is 10.8. The van der Waals surface area contributed by atoms with E-state index in [1.165, 1.54) is 13.2 Å². The Morgan fingerprint density at radius 2 is 1.83 bits per heavy atom. The molecule has 0 N–H and O–H groups in total. The van der Waals surface area contributed by atoms with E-state index in [2.05, 4.69) is 23.7 Å². The highest BCUT2D eigenvalue weighted by Crippen LogP contribution is 2.31. The van der Waals surface area contributed by atoms with Gasteiger partial charge >= 0.3 is 0 Å². The molecule has 0 spiro atoms. The lowest BCUT2D eigenvalue weighted by Crippen LogP contribution is -2.21. The lowest BCUT2D eigenvalue weighted by atomic mass is 10.2. The van der Waals surface area contributed by atoms with E-state index in [1.807, 2.05) is 24.3 Å². The van der Waals surface area contributed by atoms with Crippen molar-refractivity contribution in [3.63, 3.8) is 0 Å². The molecule has 0 fully saturated rings. The molecule has 0 heterocycles. The molecule has 0 aliphatic heterocycles. The first-order valence-corrected chi connectivity index (χ1v) is 7.80. The van der Waals surface area contributed by atoms with Gasteiger partial charge in [-0.25, -0.2) is 4.99 Å². The summed E-state index contributed by atoms with van der Waals surface area (Å²) in [5.41, 5.74) is 2.25.